The number of nitrogens with zero attached hydrogens (tertiary/aromatic N) is 1. The second kappa shape index (κ2) is 6.79. The summed E-state index contributed by atoms with van der Waals surface area (Å²) in [5, 5.41) is 9.16. The first kappa shape index (κ1) is 16.1. The number of dihydropyridines is 1. The first-order valence-electron chi connectivity index (χ1n) is 7.84. The molecule has 0 bridgehead atoms. The first-order valence-corrected chi connectivity index (χ1v) is 7.84. The van der Waals surface area contributed by atoms with Crippen LogP contribution in [0.25, 0.3) is 5.57 Å². The molecule has 1 heterocycles. The smallest absolute Gasteiger partial charge is 0.304 e. The summed E-state index contributed by atoms with van der Waals surface area (Å²) < 4.78 is 13.5. The summed E-state index contributed by atoms with van der Waals surface area (Å²) in [6.07, 6.45) is 1.97. The lowest BCUT2D eigenvalue weighted by Crippen LogP contribution is -2.19. The third-order valence-corrected chi connectivity index (χ3v) is 4.20. The highest BCUT2D eigenvalue weighted by molar-refractivity contribution is 6.13. The van der Waals surface area contributed by atoms with Crippen molar-refractivity contribution in [3.8, 4) is 0 Å². The minimum atomic E-state index is -0.835. The second-order valence-corrected chi connectivity index (χ2v) is 5.95. The molecule has 0 fully saturated rings. The maximum Gasteiger partial charge on any atom is 0.304 e. The SMILES string of the molecule is Cc1cc(C2=NCC(CC(=O)O)C(c3ccccc3)=C2)ccc1F. The van der Waals surface area contributed by atoms with E-state index in [4.69, 9.17) is 5.11 Å². The van der Waals surface area contributed by atoms with Gasteiger partial charge in [0.05, 0.1) is 12.1 Å². The van der Waals surface area contributed by atoms with Crippen molar-refractivity contribution in [1.29, 1.82) is 0 Å². The second-order valence-electron chi connectivity index (χ2n) is 5.95. The van der Waals surface area contributed by atoms with Gasteiger partial charge in [-0.25, -0.2) is 4.39 Å². The number of halogens is 1. The summed E-state index contributed by atoms with van der Waals surface area (Å²) in [5.74, 6) is -1.24. The van der Waals surface area contributed by atoms with E-state index in [1.165, 1.54) is 6.07 Å². The van der Waals surface area contributed by atoms with Crippen LogP contribution in [0.3, 0.4) is 0 Å². The third-order valence-electron chi connectivity index (χ3n) is 4.20. The number of hydrogen-bond donors (Lipinski definition) is 1. The van der Waals surface area contributed by atoms with Crippen molar-refractivity contribution in [2.24, 2.45) is 10.9 Å². The monoisotopic (exact) mass is 323 g/mol. The van der Waals surface area contributed by atoms with Gasteiger partial charge < -0.3 is 5.11 Å². The number of benzene rings is 2. The quantitative estimate of drug-likeness (QED) is 0.920. The van der Waals surface area contributed by atoms with Gasteiger partial charge in [0.15, 0.2) is 0 Å². The van der Waals surface area contributed by atoms with Crippen molar-refractivity contribution >= 4 is 17.3 Å². The third kappa shape index (κ3) is 3.43. The number of carboxylic acid groups (broad SMARTS) is 1. The van der Waals surface area contributed by atoms with Gasteiger partial charge in [0, 0.05) is 18.0 Å². The molecule has 0 amide bonds. The van der Waals surface area contributed by atoms with Gasteiger partial charge in [0.1, 0.15) is 5.82 Å². The number of aryl methyl sites for hydroxylation is 1. The summed E-state index contributed by atoms with van der Waals surface area (Å²) in [7, 11) is 0. The predicted octanol–water partition coefficient (Wildman–Crippen LogP) is 4.11. The van der Waals surface area contributed by atoms with Gasteiger partial charge in [-0.1, -0.05) is 30.3 Å². The molecule has 3 nitrogen and oxygen atoms in total. The lowest BCUT2D eigenvalue weighted by molar-refractivity contribution is -0.137. The van der Waals surface area contributed by atoms with Crippen LogP contribution >= 0.6 is 0 Å². The molecule has 1 N–H and O–H groups in total. The number of carbonyl (C=O) groups is 1. The Morgan fingerprint density at radius 2 is 1.96 bits per heavy atom. The van der Waals surface area contributed by atoms with Crippen LogP contribution in [0.5, 0.6) is 0 Å². The fourth-order valence-corrected chi connectivity index (χ4v) is 2.93. The Labute approximate surface area is 140 Å². The highest BCUT2D eigenvalue weighted by Gasteiger charge is 2.23. The van der Waals surface area contributed by atoms with Gasteiger partial charge in [-0.05, 0) is 47.9 Å². The van der Waals surface area contributed by atoms with Crippen LogP contribution in [-0.2, 0) is 4.79 Å². The molecule has 0 radical (unpaired) electrons. The molecule has 0 saturated carbocycles. The van der Waals surface area contributed by atoms with Gasteiger partial charge >= 0.3 is 5.97 Å². The summed E-state index contributed by atoms with van der Waals surface area (Å²) in [4.78, 5) is 15.7. The Bertz CT molecular complexity index is 825. The number of aliphatic carboxylic acids is 1. The number of allylic oxidation sites excluding steroid dienone is 1. The van der Waals surface area contributed by atoms with Crippen molar-refractivity contribution in [2.75, 3.05) is 6.54 Å². The van der Waals surface area contributed by atoms with E-state index in [-0.39, 0.29) is 18.2 Å². The summed E-state index contributed by atoms with van der Waals surface area (Å²) >= 11 is 0. The van der Waals surface area contributed by atoms with E-state index in [1.54, 1.807) is 19.1 Å². The molecule has 0 spiro atoms. The van der Waals surface area contributed by atoms with Gasteiger partial charge in [-0.2, -0.15) is 0 Å². The van der Waals surface area contributed by atoms with Crippen LogP contribution in [0, 0.1) is 18.7 Å². The zero-order valence-electron chi connectivity index (χ0n) is 13.4. The lowest BCUT2D eigenvalue weighted by atomic mass is 9.86. The molecule has 1 unspecified atom stereocenters. The zero-order chi connectivity index (χ0) is 17.1. The molecule has 4 heteroatoms. The molecule has 2 aromatic rings. The van der Waals surface area contributed by atoms with E-state index >= 15 is 0 Å². The summed E-state index contributed by atoms with van der Waals surface area (Å²) in [6.45, 7) is 2.13. The van der Waals surface area contributed by atoms with Crippen LogP contribution < -0.4 is 0 Å². The lowest BCUT2D eigenvalue weighted by Gasteiger charge is -2.23. The molecular formula is C20H18FNO2. The first-order chi connectivity index (χ1) is 11.5. The highest BCUT2D eigenvalue weighted by atomic mass is 19.1. The van der Waals surface area contributed by atoms with Crippen LogP contribution in [0.2, 0.25) is 0 Å². The maximum atomic E-state index is 13.5. The van der Waals surface area contributed by atoms with Crippen molar-refractivity contribution in [1.82, 2.24) is 0 Å². The molecule has 1 atom stereocenters. The van der Waals surface area contributed by atoms with E-state index in [0.29, 0.717) is 12.1 Å². The van der Waals surface area contributed by atoms with Gasteiger partial charge in [0.25, 0.3) is 0 Å². The van der Waals surface area contributed by atoms with Gasteiger partial charge in [0.2, 0.25) is 0 Å². The highest BCUT2D eigenvalue weighted by Crippen LogP contribution is 2.30. The standard InChI is InChI=1S/C20H18FNO2/c1-13-9-15(7-8-18(13)21)19-11-17(14-5-3-2-4-6-14)16(12-22-19)10-20(23)24/h2-9,11,16H,10,12H2,1H3,(H,23,24). The zero-order valence-corrected chi connectivity index (χ0v) is 13.4. The van der Waals surface area contributed by atoms with Crippen LogP contribution in [0.4, 0.5) is 4.39 Å². The van der Waals surface area contributed by atoms with E-state index in [2.05, 4.69) is 4.99 Å². The van der Waals surface area contributed by atoms with Crippen LogP contribution in [-0.4, -0.2) is 23.3 Å². The molecule has 0 saturated heterocycles. The van der Waals surface area contributed by atoms with E-state index < -0.39 is 5.97 Å². The van der Waals surface area contributed by atoms with Crippen LogP contribution in [0.15, 0.2) is 59.6 Å². The minimum absolute atomic E-state index is 0.0416. The Kier molecular flexibility index (Phi) is 4.56. The average Bonchev–Trinajstić information content (AvgIpc) is 2.58. The normalized spacial score (nSPS) is 17.2. The number of rotatable bonds is 4. The molecule has 0 aromatic heterocycles. The Morgan fingerprint density at radius 1 is 1.21 bits per heavy atom. The van der Waals surface area contributed by atoms with Gasteiger partial charge in [-0.3, -0.25) is 9.79 Å². The Morgan fingerprint density at radius 3 is 2.62 bits per heavy atom. The maximum absolute atomic E-state index is 13.5. The van der Waals surface area contributed by atoms with Crippen LogP contribution in [0.1, 0.15) is 23.1 Å². The van der Waals surface area contributed by atoms with Crippen molar-refractivity contribution in [3.63, 3.8) is 0 Å². The molecule has 122 valence electrons. The fraction of sp³-hybridized carbons (Fsp3) is 0.200. The number of hydrogen-bond acceptors (Lipinski definition) is 2. The van der Waals surface area contributed by atoms with Crippen molar-refractivity contribution in [3.05, 3.63) is 77.1 Å². The largest absolute Gasteiger partial charge is 0.481 e. The van der Waals surface area contributed by atoms with E-state index in [0.717, 1.165) is 22.4 Å². The molecule has 2 aromatic carbocycles. The van der Waals surface area contributed by atoms with Gasteiger partial charge in [-0.15, -0.1) is 0 Å². The molecule has 1 aliphatic rings. The molecular weight excluding hydrogens is 305 g/mol. The fourth-order valence-electron chi connectivity index (χ4n) is 2.93. The van der Waals surface area contributed by atoms with Crippen molar-refractivity contribution in [2.45, 2.75) is 13.3 Å². The number of aliphatic imine (C=N–C) groups is 1. The average molecular weight is 323 g/mol. The van der Waals surface area contributed by atoms with Crippen molar-refractivity contribution < 1.29 is 14.3 Å². The Hall–Kier alpha value is -2.75. The molecule has 0 aliphatic carbocycles. The van der Waals surface area contributed by atoms with E-state index in [1.807, 2.05) is 36.4 Å². The summed E-state index contributed by atoms with van der Waals surface area (Å²) in [6, 6.07) is 14.6. The predicted molar refractivity (Wildman–Crippen MR) is 92.7 cm³/mol. The summed E-state index contributed by atoms with van der Waals surface area (Å²) in [5.41, 5.74) is 4.13. The topological polar surface area (TPSA) is 49.7 Å². The Balaban J connectivity index is 2.01. The molecule has 3 rings (SSSR count). The minimum Gasteiger partial charge on any atom is -0.481 e. The molecule has 1 aliphatic heterocycles. The van der Waals surface area contributed by atoms with E-state index in [9.17, 15) is 9.18 Å². The number of carboxylic acids is 1. The molecule has 24 heavy (non-hydrogen) atoms.